The van der Waals surface area contributed by atoms with Gasteiger partial charge in [0, 0.05) is 23.9 Å². The van der Waals surface area contributed by atoms with Crippen molar-refractivity contribution in [3.63, 3.8) is 0 Å². The molecule has 196 valence electrons. The van der Waals surface area contributed by atoms with E-state index in [0.29, 0.717) is 23.6 Å². The average Bonchev–Trinajstić information content (AvgIpc) is 2.89. The standard InChI is InChI=1S/C25H20BrN3O8S/c1-3-36-20-8-4-6-18(13-20)28-25(30)17(15-27)10-16-11-22(26)24(23(12-16)35-2)37-38(33,34)21-9-5-7-19(14-21)29(31)32/h4-14H,3H2,1-2H3,(H,28,30)/b17-10+. The van der Waals surface area contributed by atoms with Crippen molar-refractivity contribution in [3.05, 3.63) is 86.4 Å². The minimum Gasteiger partial charge on any atom is -0.494 e. The lowest BCUT2D eigenvalue weighted by Crippen LogP contribution is -2.13. The SMILES string of the molecule is CCOc1cccc(NC(=O)/C(C#N)=C/c2cc(Br)c(OS(=O)(=O)c3cccc([N+](=O)[O-])c3)c(OC)c2)c1. The third-order valence-corrected chi connectivity index (χ3v) is 6.65. The number of nitro groups is 1. The van der Waals surface area contributed by atoms with Crippen LogP contribution in [0.1, 0.15) is 12.5 Å². The van der Waals surface area contributed by atoms with Gasteiger partial charge in [-0.2, -0.15) is 13.7 Å². The summed E-state index contributed by atoms with van der Waals surface area (Å²) in [5.74, 6) is -0.393. The lowest BCUT2D eigenvalue weighted by molar-refractivity contribution is -0.385. The van der Waals surface area contributed by atoms with E-state index in [0.717, 1.165) is 18.2 Å². The molecular weight excluding hydrogens is 582 g/mol. The smallest absolute Gasteiger partial charge is 0.339 e. The maximum Gasteiger partial charge on any atom is 0.339 e. The van der Waals surface area contributed by atoms with Gasteiger partial charge in [0.2, 0.25) is 0 Å². The number of nitro benzene ring substituents is 1. The van der Waals surface area contributed by atoms with Gasteiger partial charge in [-0.3, -0.25) is 14.9 Å². The number of rotatable bonds is 10. The summed E-state index contributed by atoms with van der Waals surface area (Å²) in [4.78, 5) is 22.6. The molecule has 0 heterocycles. The second-order valence-corrected chi connectivity index (χ2v) is 9.81. The van der Waals surface area contributed by atoms with E-state index in [9.17, 15) is 28.6 Å². The fraction of sp³-hybridized carbons (Fsp3) is 0.120. The zero-order chi connectivity index (χ0) is 27.9. The minimum atomic E-state index is -4.48. The van der Waals surface area contributed by atoms with E-state index in [2.05, 4.69) is 21.2 Å². The number of anilines is 1. The number of nitrogens with zero attached hydrogens (tertiary/aromatic N) is 2. The van der Waals surface area contributed by atoms with E-state index in [1.165, 1.54) is 31.4 Å². The molecule has 0 atom stereocenters. The van der Waals surface area contributed by atoms with Crippen LogP contribution in [0.5, 0.6) is 17.2 Å². The molecule has 0 saturated carbocycles. The summed E-state index contributed by atoms with van der Waals surface area (Å²) >= 11 is 3.22. The molecule has 0 spiro atoms. The van der Waals surface area contributed by atoms with Crippen molar-refractivity contribution in [2.24, 2.45) is 0 Å². The number of hydrogen-bond donors (Lipinski definition) is 1. The molecule has 0 bridgehead atoms. The van der Waals surface area contributed by atoms with E-state index in [1.807, 2.05) is 13.0 Å². The first kappa shape index (κ1) is 28.2. The van der Waals surface area contributed by atoms with Crippen LogP contribution in [0, 0.1) is 21.4 Å². The van der Waals surface area contributed by atoms with Gasteiger partial charge < -0.3 is 19.0 Å². The summed E-state index contributed by atoms with van der Waals surface area (Å²) in [7, 11) is -3.21. The number of ether oxygens (including phenoxy) is 2. The Labute approximate surface area is 226 Å². The number of carbonyl (C=O) groups is 1. The molecule has 0 saturated heterocycles. The summed E-state index contributed by atoms with van der Waals surface area (Å²) in [6, 6.07) is 15.7. The van der Waals surface area contributed by atoms with Crippen molar-refractivity contribution in [1.29, 1.82) is 5.26 Å². The molecular formula is C25H20BrN3O8S. The molecule has 0 unspecified atom stereocenters. The Morgan fingerprint density at radius 1 is 1.18 bits per heavy atom. The van der Waals surface area contributed by atoms with Crippen molar-refractivity contribution in [2.45, 2.75) is 11.8 Å². The van der Waals surface area contributed by atoms with Gasteiger partial charge in [0.25, 0.3) is 11.6 Å². The molecule has 11 nitrogen and oxygen atoms in total. The zero-order valence-electron chi connectivity index (χ0n) is 20.0. The van der Waals surface area contributed by atoms with Crippen LogP contribution in [0.15, 0.2) is 75.6 Å². The highest BCUT2D eigenvalue weighted by Crippen LogP contribution is 2.39. The second-order valence-electron chi connectivity index (χ2n) is 7.41. The first-order chi connectivity index (χ1) is 18.1. The molecule has 0 aliphatic rings. The van der Waals surface area contributed by atoms with Gasteiger partial charge in [-0.25, -0.2) is 0 Å². The predicted octanol–water partition coefficient (Wildman–Crippen LogP) is 5.08. The van der Waals surface area contributed by atoms with Gasteiger partial charge in [0.15, 0.2) is 11.5 Å². The Kier molecular flexibility index (Phi) is 9.06. The Morgan fingerprint density at radius 2 is 1.92 bits per heavy atom. The van der Waals surface area contributed by atoms with Crippen LogP contribution in [-0.4, -0.2) is 33.0 Å². The molecule has 0 aromatic heterocycles. The van der Waals surface area contributed by atoms with Crippen molar-refractivity contribution >= 4 is 49.4 Å². The van der Waals surface area contributed by atoms with Crippen LogP contribution in [0.4, 0.5) is 11.4 Å². The average molecular weight is 602 g/mol. The molecule has 38 heavy (non-hydrogen) atoms. The van der Waals surface area contributed by atoms with Crippen LogP contribution in [0.2, 0.25) is 0 Å². The third kappa shape index (κ3) is 6.87. The number of carbonyl (C=O) groups excluding carboxylic acids is 1. The van der Waals surface area contributed by atoms with Gasteiger partial charge in [0.1, 0.15) is 22.3 Å². The fourth-order valence-electron chi connectivity index (χ4n) is 3.16. The van der Waals surface area contributed by atoms with Gasteiger partial charge >= 0.3 is 10.1 Å². The number of hydrogen-bond acceptors (Lipinski definition) is 9. The molecule has 1 N–H and O–H groups in total. The molecule has 13 heteroatoms. The molecule has 1 amide bonds. The van der Waals surface area contributed by atoms with E-state index in [-0.39, 0.29) is 21.5 Å². The highest BCUT2D eigenvalue weighted by molar-refractivity contribution is 9.10. The second kappa shape index (κ2) is 12.2. The number of amides is 1. The maximum atomic E-state index is 12.8. The molecule has 3 aromatic rings. The molecule has 0 fully saturated rings. The molecule has 3 aromatic carbocycles. The number of nitrogens with one attached hydrogen (secondary N) is 1. The van der Waals surface area contributed by atoms with Crippen LogP contribution >= 0.6 is 15.9 Å². The largest absolute Gasteiger partial charge is 0.494 e. The lowest BCUT2D eigenvalue weighted by atomic mass is 10.1. The summed E-state index contributed by atoms with van der Waals surface area (Å²) in [6.45, 7) is 2.28. The number of halogens is 1. The number of methoxy groups -OCH3 is 1. The van der Waals surface area contributed by atoms with E-state index in [4.69, 9.17) is 13.7 Å². The quantitative estimate of drug-likeness (QED) is 0.110. The Morgan fingerprint density at radius 3 is 2.58 bits per heavy atom. The maximum absolute atomic E-state index is 12.8. The number of benzene rings is 3. The lowest BCUT2D eigenvalue weighted by Gasteiger charge is -2.13. The Hall–Kier alpha value is -4.41. The van der Waals surface area contributed by atoms with Crippen LogP contribution in [0.3, 0.4) is 0 Å². The fourth-order valence-corrected chi connectivity index (χ4v) is 4.80. The zero-order valence-corrected chi connectivity index (χ0v) is 22.4. The highest BCUT2D eigenvalue weighted by atomic mass is 79.9. The monoisotopic (exact) mass is 601 g/mol. The first-order valence-electron chi connectivity index (χ1n) is 10.8. The summed E-state index contributed by atoms with van der Waals surface area (Å²) in [5, 5.41) is 23.2. The van der Waals surface area contributed by atoms with Gasteiger partial charge in [-0.15, -0.1) is 0 Å². The van der Waals surface area contributed by atoms with E-state index < -0.39 is 31.5 Å². The predicted molar refractivity (Wildman–Crippen MR) is 141 cm³/mol. The van der Waals surface area contributed by atoms with Gasteiger partial charge in [0.05, 0.1) is 23.1 Å². The van der Waals surface area contributed by atoms with Gasteiger partial charge in [-0.05, 0) is 64.8 Å². The normalized spacial score (nSPS) is 11.3. The Balaban J connectivity index is 1.90. The highest BCUT2D eigenvalue weighted by Gasteiger charge is 2.24. The minimum absolute atomic E-state index is 0.0401. The molecule has 0 aliphatic heterocycles. The van der Waals surface area contributed by atoms with Crippen molar-refractivity contribution in [2.75, 3.05) is 19.0 Å². The molecule has 0 aliphatic carbocycles. The van der Waals surface area contributed by atoms with Crippen LogP contribution in [0.25, 0.3) is 6.08 Å². The summed E-state index contributed by atoms with van der Waals surface area (Å²) < 4.78 is 41.6. The van der Waals surface area contributed by atoms with Crippen molar-refractivity contribution in [3.8, 4) is 23.3 Å². The third-order valence-electron chi connectivity index (χ3n) is 4.84. The van der Waals surface area contributed by atoms with Crippen molar-refractivity contribution in [1.82, 2.24) is 0 Å². The number of non-ortho nitro benzene ring substituents is 1. The van der Waals surface area contributed by atoms with E-state index >= 15 is 0 Å². The first-order valence-corrected chi connectivity index (χ1v) is 13.0. The summed E-state index contributed by atoms with van der Waals surface area (Å²) in [6.07, 6.45) is 1.29. The van der Waals surface area contributed by atoms with Crippen LogP contribution in [-0.2, 0) is 14.9 Å². The van der Waals surface area contributed by atoms with Crippen molar-refractivity contribution < 1.29 is 31.8 Å². The summed E-state index contributed by atoms with van der Waals surface area (Å²) in [5.41, 5.74) is 0.0892. The molecule has 0 radical (unpaired) electrons. The van der Waals surface area contributed by atoms with E-state index in [1.54, 1.807) is 24.3 Å². The van der Waals surface area contributed by atoms with Crippen LogP contribution < -0.4 is 19.0 Å². The molecule has 3 rings (SSSR count). The number of nitriles is 1. The Bertz CT molecular complexity index is 1570. The van der Waals surface area contributed by atoms with Gasteiger partial charge in [-0.1, -0.05) is 12.1 Å². The topological polar surface area (TPSA) is 158 Å².